The molecule has 3 fully saturated rings. The van der Waals surface area contributed by atoms with Crippen LogP contribution in [0.2, 0.25) is 5.02 Å². The summed E-state index contributed by atoms with van der Waals surface area (Å²) in [7, 11) is 2.16. The second-order valence-electron chi connectivity index (χ2n) is 13.3. The number of ether oxygens (including phenoxy) is 1. The van der Waals surface area contributed by atoms with Gasteiger partial charge in [0, 0.05) is 88.1 Å². The molecule has 2 aromatic rings. The van der Waals surface area contributed by atoms with Gasteiger partial charge >= 0.3 is 12.1 Å². The number of urea groups is 1. The van der Waals surface area contributed by atoms with Crippen molar-refractivity contribution in [3.8, 4) is 0 Å². The number of rotatable bonds is 6. The third kappa shape index (κ3) is 7.61. The number of amides is 4. The van der Waals surface area contributed by atoms with Crippen molar-refractivity contribution in [1.82, 2.24) is 24.5 Å². The number of likely N-dealkylation sites (tertiary alicyclic amines) is 2. The molecule has 0 aliphatic carbocycles. The largest absolute Gasteiger partial charge is 0.436 e. The van der Waals surface area contributed by atoms with Crippen molar-refractivity contribution in [2.45, 2.75) is 63.6 Å². The number of benzene rings is 2. The average molecular weight is 651 g/mol. The van der Waals surface area contributed by atoms with E-state index in [0.29, 0.717) is 56.6 Å². The predicted octanol–water partition coefficient (Wildman–Crippen LogP) is 4.49. The van der Waals surface area contributed by atoms with E-state index in [4.69, 9.17) is 16.3 Å². The quantitative estimate of drug-likeness (QED) is 0.496. The summed E-state index contributed by atoms with van der Waals surface area (Å²) in [6, 6.07) is 14.1. The second kappa shape index (κ2) is 14.6. The molecule has 4 aliphatic rings. The number of carbonyl (C=O) groups excluding carboxylic acids is 3. The number of likely N-dealkylation sites (N-methyl/N-ethyl adjacent to an activating group) is 1. The highest BCUT2D eigenvalue weighted by molar-refractivity contribution is 6.31. The van der Waals surface area contributed by atoms with E-state index in [1.807, 2.05) is 53.1 Å². The Kier molecular flexibility index (Phi) is 10.4. The molecule has 1 atom stereocenters. The minimum atomic E-state index is -0.931. The Bertz CT molecular complexity index is 1400. The van der Waals surface area contributed by atoms with E-state index in [2.05, 4.69) is 28.2 Å². The molecule has 4 heterocycles. The number of piperidine rings is 2. The zero-order valence-electron chi connectivity index (χ0n) is 27.1. The summed E-state index contributed by atoms with van der Waals surface area (Å²) in [5.41, 5.74) is 3.82. The SMILES string of the molecule is Cc1ccc(C[C@@H](OC(=O)N2CCC(N3CCc4ccccc4NC3=O)CC2)C(=O)N2CCC(N3CCN(C)CC3)CC2)cc1Cl. The maximum atomic E-state index is 13.9. The van der Waals surface area contributed by atoms with Crippen molar-refractivity contribution >= 4 is 35.3 Å². The van der Waals surface area contributed by atoms with Gasteiger partial charge < -0.3 is 29.7 Å². The number of anilines is 1. The molecule has 0 radical (unpaired) electrons. The summed E-state index contributed by atoms with van der Waals surface area (Å²) in [6.45, 7) is 9.11. The Labute approximate surface area is 277 Å². The normalized spacial score (nSPS) is 21.4. The lowest BCUT2D eigenvalue weighted by atomic mass is 10.00. The van der Waals surface area contributed by atoms with Gasteiger partial charge in [-0.1, -0.05) is 41.9 Å². The maximum Gasteiger partial charge on any atom is 0.410 e. The molecule has 10 nitrogen and oxygen atoms in total. The first-order valence-electron chi connectivity index (χ1n) is 16.8. The van der Waals surface area contributed by atoms with E-state index in [9.17, 15) is 14.4 Å². The van der Waals surface area contributed by atoms with Gasteiger partial charge in [-0.3, -0.25) is 9.69 Å². The van der Waals surface area contributed by atoms with Crippen LogP contribution < -0.4 is 5.32 Å². The number of para-hydroxylation sites is 1. The number of halogens is 1. The van der Waals surface area contributed by atoms with Crippen LogP contribution in [0.5, 0.6) is 0 Å². The van der Waals surface area contributed by atoms with Crippen LogP contribution in [-0.4, -0.2) is 127 Å². The minimum absolute atomic E-state index is 0.0343. The van der Waals surface area contributed by atoms with Crippen LogP contribution in [0.15, 0.2) is 42.5 Å². The fraction of sp³-hybridized carbons (Fsp3) is 0.571. The highest BCUT2D eigenvalue weighted by Crippen LogP contribution is 2.26. The summed E-state index contributed by atoms with van der Waals surface area (Å²) < 4.78 is 6.04. The first-order chi connectivity index (χ1) is 22.2. The van der Waals surface area contributed by atoms with E-state index in [1.165, 1.54) is 0 Å². The Morgan fingerprint density at radius 2 is 1.57 bits per heavy atom. The summed E-state index contributed by atoms with van der Waals surface area (Å²) in [5, 5.41) is 3.68. The van der Waals surface area contributed by atoms with Gasteiger partial charge in [-0.05, 0) is 74.9 Å². The zero-order chi connectivity index (χ0) is 32.2. The van der Waals surface area contributed by atoms with Crippen molar-refractivity contribution < 1.29 is 19.1 Å². The molecule has 0 spiro atoms. The van der Waals surface area contributed by atoms with Crippen LogP contribution in [0.3, 0.4) is 0 Å². The monoisotopic (exact) mass is 650 g/mol. The highest BCUT2D eigenvalue weighted by Gasteiger charge is 2.36. The molecule has 1 N–H and O–H groups in total. The third-order valence-corrected chi connectivity index (χ3v) is 10.7. The van der Waals surface area contributed by atoms with Crippen molar-refractivity contribution in [3.63, 3.8) is 0 Å². The van der Waals surface area contributed by atoms with Crippen LogP contribution in [0.1, 0.15) is 42.4 Å². The van der Waals surface area contributed by atoms with E-state index in [1.54, 1.807) is 4.90 Å². The lowest BCUT2D eigenvalue weighted by Crippen LogP contribution is -2.54. The van der Waals surface area contributed by atoms with Gasteiger partial charge in [-0.15, -0.1) is 0 Å². The molecule has 4 aliphatic heterocycles. The molecule has 11 heteroatoms. The summed E-state index contributed by atoms with van der Waals surface area (Å²) >= 11 is 6.43. The second-order valence-corrected chi connectivity index (χ2v) is 13.7. The molecule has 248 valence electrons. The zero-order valence-corrected chi connectivity index (χ0v) is 27.9. The van der Waals surface area contributed by atoms with Crippen molar-refractivity contribution in [1.29, 1.82) is 0 Å². The molecule has 0 saturated carbocycles. The van der Waals surface area contributed by atoms with Crippen LogP contribution in [-0.2, 0) is 22.4 Å². The number of fused-ring (bicyclic) bond motifs is 1. The predicted molar refractivity (Wildman–Crippen MR) is 179 cm³/mol. The molecular formula is C35H47ClN6O4. The smallest absolute Gasteiger partial charge is 0.410 e. The molecule has 6 rings (SSSR count). The van der Waals surface area contributed by atoms with Crippen LogP contribution in [0.25, 0.3) is 0 Å². The van der Waals surface area contributed by atoms with Crippen LogP contribution in [0.4, 0.5) is 15.3 Å². The molecule has 3 saturated heterocycles. The van der Waals surface area contributed by atoms with E-state index in [0.717, 1.165) is 67.8 Å². The van der Waals surface area contributed by atoms with Crippen molar-refractivity contribution in [2.24, 2.45) is 0 Å². The number of nitrogens with one attached hydrogen (secondary N) is 1. The average Bonchev–Trinajstić information content (AvgIpc) is 3.24. The Hall–Kier alpha value is -3.34. The molecule has 0 aromatic heterocycles. The standard InChI is InChI=1S/C35H47ClN6O4/c1-25-7-8-26(23-30(25)36)24-32(33(43)40-14-10-28(11-15-40)39-21-19-38(2)20-22-39)46-35(45)41-16-12-29(13-17-41)42-18-9-27-5-3-4-6-31(27)37-34(42)44/h3-8,23,28-29,32H,9-22,24H2,1-2H3,(H,37,44)/t32-/m1/s1. The fourth-order valence-electron chi connectivity index (χ4n) is 7.29. The number of hydrogen-bond donors (Lipinski definition) is 1. The first kappa shape index (κ1) is 32.6. The van der Waals surface area contributed by atoms with E-state index < -0.39 is 12.2 Å². The van der Waals surface area contributed by atoms with Gasteiger partial charge in [-0.2, -0.15) is 0 Å². The number of nitrogens with zero attached hydrogens (tertiary/aromatic N) is 5. The van der Waals surface area contributed by atoms with Gasteiger partial charge in [0.15, 0.2) is 6.10 Å². The third-order valence-electron chi connectivity index (χ3n) is 10.3. The molecular weight excluding hydrogens is 604 g/mol. The van der Waals surface area contributed by atoms with E-state index in [-0.39, 0.29) is 24.4 Å². The number of hydrogen-bond acceptors (Lipinski definition) is 6. The molecule has 4 amide bonds. The topological polar surface area (TPSA) is 88.7 Å². The van der Waals surface area contributed by atoms with Crippen molar-refractivity contribution in [3.05, 3.63) is 64.2 Å². The van der Waals surface area contributed by atoms with Gasteiger partial charge in [-0.25, -0.2) is 9.59 Å². The lowest BCUT2D eigenvalue weighted by molar-refractivity contribution is -0.142. The van der Waals surface area contributed by atoms with Crippen LogP contribution in [0, 0.1) is 6.92 Å². The molecule has 46 heavy (non-hydrogen) atoms. The molecule has 0 bridgehead atoms. The Balaban J connectivity index is 1.07. The fourth-order valence-corrected chi connectivity index (χ4v) is 7.50. The number of aryl methyl sites for hydroxylation is 1. The Morgan fingerprint density at radius 1 is 0.891 bits per heavy atom. The van der Waals surface area contributed by atoms with Gasteiger partial charge in [0.25, 0.3) is 5.91 Å². The van der Waals surface area contributed by atoms with Gasteiger partial charge in [0.05, 0.1) is 0 Å². The lowest BCUT2D eigenvalue weighted by Gasteiger charge is -2.42. The first-order valence-corrected chi connectivity index (χ1v) is 17.2. The maximum absolute atomic E-state index is 13.9. The van der Waals surface area contributed by atoms with Gasteiger partial charge in [0.2, 0.25) is 0 Å². The van der Waals surface area contributed by atoms with Gasteiger partial charge in [0.1, 0.15) is 0 Å². The number of piperazine rings is 1. The van der Waals surface area contributed by atoms with E-state index >= 15 is 0 Å². The summed E-state index contributed by atoms with van der Waals surface area (Å²) in [4.78, 5) is 50.9. The molecule has 2 aromatic carbocycles. The minimum Gasteiger partial charge on any atom is -0.436 e. The van der Waals surface area contributed by atoms with Crippen molar-refractivity contribution in [2.75, 3.05) is 71.3 Å². The Morgan fingerprint density at radius 3 is 2.28 bits per heavy atom. The molecule has 0 unspecified atom stereocenters. The highest BCUT2D eigenvalue weighted by atomic mass is 35.5. The van der Waals surface area contributed by atoms with Crippen LogP contribution >= 0.6 is 11.6 Å². The summed E-state index contributed by atoms with van der Waals surface area (Å²) in [6.07, 6.45) is 2.82. The summed E-state index contributed by atoms with van der Waals surface area (Å²) in [5.74, 6) is -0.141. The number of carbonyl (C=O) groups is 3.